The van der Waals surface area contributed by atoms with E-state index in [-0.39, 0.29) is 0 Å². The van der Waals surface area contributed by atoms with Crippen LogP contribution in [-0.4, -0.2) is 36.6 Å². The van der Waals surface area contributed by atoms with Crippen molar-refractivity contribution in [2.75, 3.05) is 37.0 Å². The summed E-state index contributed by atoms with van der Waals surface area (Å²) >= 11 is 9.49. The van der Waals surface area contributed by atoms with Gasteiger partial charge in [-0.15, -0.1) is 0 Å². The first-order valence-corrected chi connectivity index (χ1v) is 6.41. The van der Waals surface area contributed by atoms with Gasteiger partial charge >= 0.3 is 0 Å². The summed E-state index contributed by atoms with van der Waals surface area (Å²) in [7, 11) is 0. The van der Waals surface area contributed by atoms with Crippen molar-refractivity contribution in [3.05, 3.63) is 23.0 Å². The van der Waals surface area contributed by atoms with Crippen molar-refractivity contribution in [3.63, 3.8) is 0 Å². The molecule has 0 saturated carbocycles. The van der Waals surface area contributed by atoms with E-state index >= 15 is 0 Å². The fourth-order valence-electron chi connectivity index (χ4n) is 1.72. The number of aromatic nitrogens is 1. The fraction of sp³-hybridized carbons (Fsp3) is 0.545. The standard InChI is InChI=1S/C11H15N2OS2/c15-8-5-13-2-1-10(9-11(13)16)12-3-6-14-7-4-12/h1-2,15H,3-8H2. The number of morpholine rings is 1. The van der Waals surface area contributed by atoms with Crippen LogP contribution in [-0.2, 0) is 11.3 Å². The number of pyridine rings is 1. The monoisotopic (exact) mass is 255 g/mol. The molecule has 0 aromatic carbocycles. The maximum Gasteiger partial charge on any atom is 0.116 e. The highest BCUT2D eigenvalue weighted by Gasteiger charge is 2.11. The van der Waals surface area contributed by atoms with Gasteiger partial charge in [0, 0.05) is 43.3 Å². The lowest BCUT2D eigenvalue weighted by molar-refractivity contribution is 0.122. The van der Waals surface area contributed by atoms with Crippen LogP contribution in [0, 0.1) is 10.7 Å². The summed E-state index contributed by atoms with van der Waals surface area (Å²) in [5.41, 5.74) is 1.07. The van der Waals surface area contributed by atoms with Crippen LogP contribution in [0.1, 0.15) is 0 Å². The summed E-state index contributed by atoms with van der Waals surface area (Å²) in [6, 6.07) is 5.30. The Morgan fingerprint density at radius 2 is 2.19 bits per heavy atom. The molecule has 0 amide bonds. The van der Waals surface area contributed by atoms with Crippen LogP contribution in [0.2, 0.25) is 0 Å². The lowest BCUT2D eigenvalue weighted by Gasteiger charge is -2.28. The van der Waals surface area contributed by atoms with Crippen molar-refractivity contribution in [2.24, 2.45) is 0 Å². The van der Waals surface area contributed by atoms with E-state index in [0.29, 0.717) is 0 Å². The quantitative estimate of drug-likeness (QED) is 0.656. The number of hydrogen-bond donors (Lipinski definition) is 1. The van der Waals surface area contributed by atoms with Crippen LogP contribution in [0.3, 0.4) is 0 Å². The molecular formula is C11H15N2OS2. The molecule has 1 fully saturated rings. The Kier molecular flexibility index (Phi) is 4.26. The van der Waals surface area contributed by atoms with Gasteiger partial charge in [0.15, 0.2) is 0 Å². The fourth-order valence-corrected chi connectivity index (χ4v) is 2.20. The molecule has 1 aliphatic rings. The molecule has 1 aromatic heterocycles. The van der Waals surface area contributed by atoms with Crippen LogP contribution >= 0.6 is 24.8 Å². The summed E-state index contributed by atoms with van der Waals surface area (Å²) in [6.45, 7) is 4.24. The van der Waals surface area contributed by atoms with Crippen LogP contribution in [0.25, 0.3) is 0 Å². The highest BCUT2D eigenvalue weighted by atomic mass is 32.1. The van der Waals surface area contributed by atoms with E-state index < -0.39 is 0 Å². The zero-order chi connectivity index (χ0) is 11.4. The molecule has 0 unspecified atom stereocenters. The van der Waals surface area contributed by atoms with Crippen molar-refractivity contribution in [1.82, 2.24) is 4.57 Å². The molecule has 87 valence electrons. The van der Waals surface area contributed by atoms with E-state index in [0.717, 1.165) is 48.9 Å². The van der Waals surface area contributed by atoms with Crippen molar-refractivity contribution < 1.29 is 4.74 Å². The summed E-state index contributed by atoms with van der Waals surface area (Å²) < 4.78 is 8.06. The molecule has 0 aliphatic carbocycles. The third kappa shape index (κ3) is 2.78. The number of hydrogen-bond acceptors (Lipinski definition) is 4. The number of rotatable bonds is 3. The van der Waals surface area contributed by atoms with Gasteiger partial charge in [-0.1, -0.05) is 12.2 Å². The average Bonchev–Trinajstić information content (AvgIpc) is 2.33. The smallest absolute Gasteiger partial charge is 0.116 e. The van der Waals surface area contributed by atoms with Gasteiger partial charge in [0.2, 0.25) is 0 Å². The van der Waals surface area contributed by atoms with Crippen LogP contribution in [0.4, 0.5) is 5.69 Å². The minimum atomic E-state index is 0.748. The molecule has 0 spiro atoms. The zero-order valence-electron chi connectivity index (χ0n) is 9.06. The summed E-state index contributed by atoms with van der Waals surface area (Å²) in [6.07, 6.45) is 2.01. The second-order valence-corrected chi connectivity index (χ2v) is 4.48. The van der Waals surface area contributed by atoms with Gasteiger partial charge in [0.25, 0.3) is 0 Å². The van der Waals surface area contributed by atoms with Crippen LogP contribution in [0.15, 0.2) is 12.3 Å². The van der Waals surface area contributed by atoms with E-state index in [1.165, 1.54) is 0 Å². The molecule has 2 rings (SSSR count). The molecule has 0 atom stereocenters. The summed E-state index contributed by atoms with van der Waals surface area (Å²) in [5, 5.41) is 0. The van der Waals surface area contributed by atoms with Crippen LogP contribution < -0.4 is 4.90 Å². The minimum Gasteiger partial charge on any atom is -0.378 e. The van der Waals surface area contributed by atoms with Gasteiger partial charge in [0.1, 0.15) is 4.64 Å². The number of anilines is 1. The molecule has 1 saturated heterocycles. The number of thiol groups is 1. The molecule has 5 heteroatoms. The highest BCUT2D eigenvalue weighted by molar-refractivity contribution is 7.80. The maximum atomic E-state index is 5.32. The van der Waals surface area contributed by atoms with Crippen molar-refractivity contribution >= 4 is 30.5 Å². The first kappa shape index (κ1) is 12.0. The third-order valence-electron chi connectivity index (χ3n) is 2.60. The van der Waals surface area contributed by atoms with Gasteiger partial charge in [-0.2, -0.15) is 12.6 Å². The van der Waals surface area contributed by atoms with Gasteiger partial charge in [-0.3, -0.25) is 0 Å². The normalized spacial score (nSPS) is 16.4. The lowest BCUT2D eigenvalue weighted by atomic mass is 10.3. The Balaban J connectivity index is 2.16. The largest absolute Gasteiger partial charge is 0.378 e. The second-order valence-electron chi connectivity index (χ2n) is 3.65. The van der Waals surface area contributed by atoms with Crippen molar-refractivity contribution in [3.8, 4) is 0 Å². The van der Waals surface area contributed by atoms with Gasteiger partial charge in [0.05, 0.1) is 13.2 Å². The lowest BCUT2D eigenvalue weighted by Crippen LogP contribution is -2.36. The third-order valence-corrected chi connectivity index (χ3v) is 3.14. The average molecular weight is 255 g/mol. The van der Waals surface area contributed by atoms with Crippen molar-refractivity contribution in [2.45, 2.75) is 6.54 Å². The summed E-state index contributed by atoms with van der Waals surface area (Å²) in [5.74, 6) is 0.791. The predicted molar refractivity (Wildman–Crippen MR) is 71.0 cm³/mol. The van der Waals surface area contributed by atoms with E-state index in [4.69, 9.17) is 17.0 Å². The molecule has 1 radical (unpaired) electrons. The van der Waals surface area contributed by atoms with E-state index in [1.54, 1.807) is 0 Å². The Hall–Kier alpha value is -0.520. The molecule has 2 heterocycles. The topological polar surface area (TPSA) is 17.4 Å². The van der Waals surface area contributed by atoms with E-state index in [1.807, 2.05) is 10.8 Å². The molecule has 1 aliphatic heterocycles. The SMILES string of the molecule is S=c1[c]c(N2CCOCC2)ccn1CCS. The van der Waals surface area contributed by atoms with Gasteiger partial charge < -0.3 is 14.2 Å². The highest BCUT2D eigenvalue weighted by Crippen LogP contribution is 2.15. The van der Waals surface area contributed by atoms with Crippen LogP contribution in [0.5, 0.6) is 0 Å². The molecule has 3 nitrogen and oxygen atoms in total. The molecule has 0 N–H and O–H groups in total. The first-order chi connectivity index (χ1) is 7.81. The van der Waals surface area contributed by atoms with Crippen molar-refractivity contribution in [1.29, 1.82) is 0 Å². The Bertz CT molecular complexity index is 399. The number of ether oxygens (including phenoxy) is 1. The predicted octanol–water partition coefficient (Wildman–Crippen LogP) is 1.78. The zero-order valence-corrected chi connectivity index (χ0v) is 10.8. The van der Waals surface area contributed by atoms with E-state index in [2.05, 4.69) is 29.7 Å². The Morgan fingerprint density at radius 1 is 1.44 bits per heavy atom. The number of aryl methyl sites for hydroxylation is 1. The second kappa shape index (κ2) is 5.70. The summed E-state index contributed by atoms with van der Waals surface area (Å²) in [4.78, 5) is 2.25. The maximum absolute atomic E-state index is 5.32. The van der Waals surface area contributed by atoms with E-state index in [9.17, 15) is 0 Å². The van der Waals surface area contributed by atoms with Gasteiger partial charge in [-0.05, 0) is 6.07 Å². The van der Waals surface area contributed by atoms with Gasteiger partial charge in [-0.25, -0.2) is 0 Å². The number of nitrogens with zero attached hydrogens (tertiary/aromatic N) is 2. The molecular weight excluding hydrogens is 240 g/mol. The first-order valence-electron chi connectivity index (χ1n) is 5.37. The molecule has 0 bridgehead atoms. The Labute approximate surface area is 106 Å². The molecule has 16 heavy (non-hydrogen) atoms. The molecule has 1 aromatic rings. The Morgan fingerprint density at radius 3 is 2.81 bits per heavy atom. The minimum absolute atomic E-state index is 0.748.